The van der Waals surface area contributed by atoms with Crippen molar-refractivity contribution >= 4 is 16.9 Å². The van der Waals surface area contributed by atoms with Gasteiger partial charge in [-0.1, -0.05) is 25.6 Å². The van der Waals surface area contributed by atoms with Crippen LogP contribution in [0.25, 0.3) is 0 Å². The third-order valence-electron chi connectivity index (χ3n) is 2.96. The third kappa shape index (κ3) is 3.67. The fraction of sp³-hybridized carbons (Fsp3) is 0.917. The smallest absolute Gasteiger partial charge is 0.157 e. The summed E-state index contributed by atoms with van der Waals surface area (Å²) in [6, 6.07) is 0. The summed E-state index contributed by atoms with van der Waals surface area (Å²) >= 11 is 1.91. The van der Waals surface area contributed by atoms with Crippen LogP contribution in [0.4, 0.5) is 0 Å². The first-order valence-electron chi connectivity index (χ1n) is 6.30. The van der Waals surface area contributed by atoms with Gasteiger partial charge in [-0.25, -0.2) is 0 Å². The molecule has 0 bridgehead atoms. The van der Waals surface area contributed by atoms with Crippen LogP contribution in [0, 0.1) is 5.92 Å². The van der Waals surface area contributed by atoms with Crippen molar-refractivity contribution in [3.05, 3.63) is 0 Å². The Labute approximate surface area is 102 Å². The number of nitrogens with zero attached hydrogens (tertiary/aromatic N) is 1. The SMILES string of the molecule is CC(C)CC1CN=C(NCC2CCCO2)S1. The lowest BCUT2D eigenvalue weighted by atomic mass is 10.1. The minimum absolute atomic E-state index is 0.410. The molecule has 0 spiro atoms. The lowest BCUT2D eigenvalue weighted by Crippen LogP contribution is -2.29. The highest BCUT2D eigenvalue weighted by molar-refractivity contribution is 8.14. The highest BCUT2D eigenvalue weighted by atomic mass is 32.2. The molecule has 1 fully saturated rings. The van der Waals surface area contributed by atoms with E-state index >= 15 is 0 Å². The molecule has 2 unspecified atom stereocenters. The first kappa shape index (κ1) is 12.2. The highest BCUT2D eigenvalue weighted by Crippen LogP contribution is 2.25. The van der Waals surface area contributed by atoms with Crippen molar-refractivity contribution in [2.75, 3.05) is 19.7 Å². The minimum Gasteiger partial charge on any atom is -0.376 e. The Kier molecular flexibility index (Phi) is 4.53. The minimum atomic E-state index is 0.410. The predicted octanol–water partition coefficient (Wildman–Crippen LogP) is 2.27. The normalized spacial score (nSPS) is 29.8. The number of rotatable bonds is 4. The van der Waals surface area contributed by atoms with Crippen LogP contribution < -0.4 is 5.32 Å². The molecule has 0 aliphatic carbocycles. The van der Waals surface area contributed by atoms with Crippen molar-refractivity contribution < 1.29 is 4.74 Å². The van der Waals surface area contributed by atoms with Crippen molar-refractivity contribution in [2.24, 2.45) is 10.9 Å². The van der Waals surface area contributed by atoms with Crippen LogP contribution >= 0.6 is 11.8 Å². The van der Waals surface area contributed by atoms with Gasteiger partial charge in [-0.05, 0) is 25.2 Å². The number of hydrogen-bond acceptors (Lipinski definition) is 4. The van der Waals surface area contributed by atoms with E-state index in [1.54, 1.807) is 0 Å². The van der Waals surface area contributed by atoms with Crippen LogP contribution in [0.2, 0.25) is 0 Å². The van der Waals surface area contributed by atoms with Crippen LogP contribution in [0.1, 0.15) is 33.1 Å². The molecule has 1 N–H and O–H groups in total. The van der Waals surface area contributed by atoms with Crippen LogP contribution in [0.3, 0.4) is 0 Å². The lowest BCUT2D eigenvalue weighted by Gasteiger charge is -2.13. The second-order valence-electron chi connectivity index (χ2n) is 5.03. The average molecular weight is 242 g/mol. The number of nitrogens with one attached hydrogen (secondary N) is 1. The summed E-state index contributed by atoms with van der Waals surface area (Å²) in [7, 11) is 0. The predicted molar refractivity (Wildman–Crippen MR) is 70.1 cm³/mol. The van der Waals surface area contributed by atoms with Crippen LogP contribution in [-0.2, 0) is 4.74 Å². The van der Waals surface area contributed by atoms with E-state index in [0.29, 0.717) is 11.4 Å². The molecule has 4 heteroatoms. The van der Waals surface area contributed by atoms with E-state index < -0.39 is 0 Å². The molecule has 92 valence electrons. The molecule has 2 atom stereocenters. The van der Waals surface area contributed by atoms with Crippen LogP contribution in [-0.4, -0.2) is 36.2 Å². The Morgan fingerprint density at radius 1 is 1.56 bits per heavy atom. The van der Waals surface area contributed by atoms with Gasteiger partial charge >= 0.3 is 0 Å². The summed E-state index contributed by atoms with van der Waals surface area (Å²) in [5.74, 6) is 0.769. The van der Waals surface area contributed by atoms with Gasteiger partial charge in [0, 0.05) is 18.4 Å². The number of thioether (sulfide) groups is 1. The Morgan fingerprint density at radius 2 is 2.44 bits per heavy atom. The van der Waals surface area contributed by atoms with Crippen molar-refractivity contribution in [1.82, 2.24) is 5.32 Å². The molecule has 0 radical (unpaired) electrons. The zero-order valence-corrected chi connectivity index (χ0v) is 11.1. The molecule has 16 heavy (non-hydrogen) atoms. The molecule has 0 amide bonds. The maximum Gasteiger partial charge on any atom is 0.157 e. The van der Waals surface area contributed by atoms with Gasteiger partial charge in [-0.15, -0.1) is 0 Å². The van der Waals surface area contributed by atoms with Gasteiger partial charge in [0.05, 0.1) is 12.6 Å². The van der Waals surface area contributed by atoms with Gasteiger partial charge < -0.3 is 10.1 Å². The van der Waals surface area contributed by atoms with E-state index in [1.165, 1.54) is 19.3 Å². The monoisotopic (exact) mass is 242 g/mol. The maximum atomic E-state index is 5.58. The summed E-state index contributed by atoms with van der Waals surface area (Å²) in [5, 5.41) is 5.23. The standard InChI is InChI=1S/C12H22N2OS/c1-9(2)6-11-8-14-12(16-11)13-7-10-4-3-5-15-10/h9-11H,3-8H2,1-2H3,(H,13,14). The van der Waals surface area contributed by atoms with Gasteiger partial charge in [0.2, 0.25) is 0 Å². The van der Waals surface area contributed by atoms with E-state index in [1.807, 2.05) is 11.8 Å². The van der Waals surface area contributed by atoms with Gasteiger partial charge in [-0.3, -0.25) is 4.99 Å². The van der Waals surface area contributed by atoms with Gasteiger partial charge in [0.25, 0.3) is 0 Å². The number of hydrogen-bond donors (Lipinski definition) is 1. The summed E-state index contributed by atoms with van der Waals surface area (Å²) in [5.41, 5.74) is 0. The first-order chi connectivity index (χ1) is 7.74. The Hall–Kier alpha value is -0.220. The van der Waals surface area contributed by atoms with E-state index in [0.717, 1.165) is 30.8 Å². The number of ether oxygens (including phenoxy) is 1. The third-order valence-corrected chi connectivity index (χ3v) is 4.13. The molecule has 0 saturated carbocycles. The Morgan fingerprint density at radius 3 is 3.12 bits per heavy atom. The van der Waals surface area contributed by atoms with Crippen molar-refractivity contribution in [2.45, 2.75) is 44.5 Å². The van der Waals surface area contributed by atoms with Gasteiger partial charge in [0.1, 0.15) is 0 Å². The highest BCUT2D eigenvalue weighted by Gasteiger charge is 2.22. The summed E-state index contributed by atoms with van der Waals surface area (Å²) in [6.07, 6.45) is 4.08. The van der Waals surface area contributed by atoms with Crippen molar-refractivity contribution in [1.29, 1.82) is 0 Å². The van der Waals surface area contributed by atoms with E-state index in [2.05, 4.69) is 24.2 Å². The van der Waals surface area contributed by atoms with E-state index in [9.17, 15) is 0 Å². The van der Waals surface area contributed by atoms with Crippen LogP contribution in [0.5, 0.6) is 0 Å². The van der Waals surface area contributed by atoms with Crippen molar-refractivity contribution in [3.63, 3.8) is 0 Å². The van der Waals surface area contributed by atoms with Crippen LogP contribution in [0.15, 0.2) is 4.99 Å². The largest absolute Gasteiger partial charge is 0.376 e. The molecule has 0 aromatic carbocycles. The number of aliphatic imine (C=N–C) groups is 1. The molecule has 0 aromatic heterocycles. The Balaban J connectivity index is 1.64. The molecule has 0 aromatic rings. The molecular weight excluding hydrogens is 220 g/mol. The molecule has 2 aliphatic rings. The molecular formula is C12H22N2OS. The first-order valence-corrected chi connectivity index (χ1v) is 7.18. The van der Waals surface area contributed by atoms with E-state index in [-0.39, 0.29) is 0 Å². The second kappa shape index (κ2) is 5.92. The quantitative estimate of drug-likeness (QED) is 0.821. The topological polar surface area (TPSA) is 33.6 Å². The Bertz CT molecular complexity index is 249. The zero-order valence-electron chi connectivity index (χ0n) is 10.2. The zero-order chi connectivity index (χ0) is 11.4. The lowest BCUT2D eigenvalue weighted by molar-refractivity contribution is 0.114. The number of amidine groups is 1. The molecule has 3 nitrogen and oxygen atoms in total. The van der Waals surface area contributed by atoms with Gasteiger partial charge in [0.15, 0.2) is 5.17 Å². The molecule has 2 aliphatic heterocycles. The summed E-state index contributed by atoms with van der Waals surface area (Å²) in [6.45, 7) is 7.40. The maximum absolute atomic E-state index is 5.58. The van der Waals surface area contributed by atoms with Crippen molar-refractivity contribution in [3.8, 4) is 0 Å². The molecule has 1 saturated heterocycles. The summed E-state index contributed by atoms with van der Waals surface area (Å²) < 4.78 is 5.58. The summed E-state index contributed by atoms with van der Waals surface area (Å²) in [4.78, 5) is 4.54. The molecule has 2 heterocycles. The fourth-order valence-electron chi connectivity index (χ4n) is 2.17. The average Bonchev–Trinajstić information content (AvgIpc) is 2.84. The second-order valence-corrected chi connectivity index (χ2v) is 6.32. The van der Waals surface area contributed by atoms with Gasteiger partial charge in [-0.2, -0.15) is 0 Å². The molecule has 2 rings (SSSR count). The fourth-order valence-corrected chi connectivity index (χ4v) is 3.43. The van der Waals surface area contributed by atoms with E-state index in [4.69, 9.17) is 4.74 Å².